The number of methoxy groups -OCH3 is 1. The number of alkyl carbamates (subject to hydrolysis) is 1. The highest BCUT2D eigenvalue weighted by Crippen LogP contribution is 2.66. The van der Waals surface area contributed by atoms with Gasteiger partial charge in [-0.1, -0.05) is 13.8 Å². The molecule has 8 atom stereocenters. The zero-order chi connectivity index (χ0) is 17.8. The summed E-state index contributed by atoms with van der Waals surface area (Å²) >= 11 is 0. The minimum Gasteiger partial charge on any atom is -0.453 e. The van der Waals surface area contributed by atoms with Gasteiger partial charge in [-0.2, -0.15) is 0 Å². The van der Waals surface area contributed by atoms with Gasteiger partial charge in [-0.25, -0.2) is 4.79 Å². The van der Waals surface area contributed by atoms with E-state index in [2.05, 4.69) is 19.2 Å². The van der Waals surface area contributed by atoms with Crippen molar-refractivity contribution in [3.8, 4) is 0 Å². The summed E-state index contributed by atoms with van der Waals surface area (Å²) in [5.74, 6) is 3.07. The molecular weight excluding hydrogens is 314 g/mol. The number of rotatable bonds is 1. The normalized spacial score (nSPS) is 51.8. The molecule has 4 aliphatic carbocycles. The number of fused-ring (bicyclic) bond motifs is 5. The Morgan fingerprint density at radius 3 is 2.48 bits per heavy atom. The number of ether oxygens (including phenoxy) is 1. The fourth-order valence-corrected chi connectivity index (χ4v) is 7.67. The molecule has 0 radical (unpaired) electrons. The van der Waals surface area contributed by atoms with Crippen molar-refractivity contribution in [2.45, 2.75) is 83.8 Å². The SMILES string of the molecule is COC(=O)N[C@H]1CC[C@@H]2[C@H]3CC[C@@H]4C[C@@H](O)CC[C@@]4(C)[C@@H]3CC[C@]12C. The highest BCUT2D eigenvalue weighted by atomic mass is 16.5. The van der Waals surface area contributed by atoms with Gasteiger partial charge in [0, 0.05) is 6.04 Å². The molecule has 0 bridgehead atoms. The predicted octanol–water partition coefficient (Wildman–Crippen LogP) is 4.11. The summed E-state index contributed by atoms with van der Waals surface area (Å²) in [6.45, 7) is 4.95. The number of aliphatic hydroxyl groups excluding tert-OH is 1. The van der Waals surface area contributed by atoms with Gasteiger partial charge in [0.15, 0.2) is 0 Å². The lowest BCUT2D eigenvalue weighted by Gasteiger charge is -2.60. The fraction of sp³-hybridized carbons (Fsp3) is 0.952. The van der Waals surface area contributed by atoms with Crippen LogP contribution in [0.15, 0.2) is 0 Å². The predicted molar refractivity (Wildman–Crippen MR) is 97.1 cm³/mol. The molecule has 0 saturated heterocycles. The molecule has 0 aromatic heterocycles. The van der Waals surface area contributed by atoms with E-state index in [-0.39, 0.29) is 23.7 Å². The quantitative estimate of drug-likeness (QED) is 0.749. The first kappa shape index (κ1) is 17.6. The Balaban J connectivity index is 1.55. The zero-order valence-electron chi connectivity index (χ0n) is 16.1. The Morgan fingerprint density at radius 1 is 1.00 bits per heavy atom. The van der Waals surface area contributed by atoms with Crippen LogP contribution in [0.4, 0.5) is 4.79 Å². The van der Waals surface area contributed by atoms with Gasteiger partial charge < -0.3 is 15.2 Å². The van der Waals surface area contributed by atoms with E-state index in [1.54, 1.807) is 0 Å². The summed E-state index contributed by atoms with van der Waals surface area (Å²) in [5.41, 5.74) is 0.657. The molecule has 4 heteroatoms. The number of hydrogen-bond acceptors (Lipinski definition) is 3. The van der Waals surface area contributed by atoms with Crippen molar-refractivity contribution in [1.29, 1.82) is 0 Å². The Bertz CT molecular complexity index is 537. The minimum atomic E-state index is -0.272. The molecule has 4 rings (SSSR count). The zero-order valence-corrected chi connectivity index (χ0v) is 16.1. The average molecular weight is 350 g/mol. The van der Waals surface area contributed by atoms with Crippen LogP contribution in [0.5, 0.6) is 0 Å². The molecule has 25 heavy (non-hydrogen) atoms. The van der Waals surface area contributed by atoms with Gasteiger partial charge in [-0.3, -0.25) is 0 Å². The standard InChI is InChI=1S/C21H35NO3/c1-20-10-8-14(23)12-13(20)4-5-15-16-6-7-18(22-19(24)25-3)21(16,2)11-9-17(15)20/h13-18,23H,4-12H2,1-3H3,(H,22,24)/t13-,14+,15-,16-,17-,18+,20-,21+/m1/s1. The third-order valence-corrected chi connectivity index (χ3v) is 9.12. The van der Waals surface area contributed by atoms with Crippen LogP contribution in [0.1, 0.15) is 71.6 Å². The Morgan fingerprint density at radius 2 is 1.72 bits per heavy atom. The van der Waals surface area contributed by atoms with Crippen LogP contribution in [0.2, 0.25) is 0 Å². The average Bonchev–Trinajstić information content (AvgIpc) is 2.92. The molecule has 0 unspecified atom stereocenters. The van der Waals surface area contributed by atoms with Crippen LogP contribution in [0.25, 0.3) is 0 Å². The summed E-state index contributed by atoms with van der Waals surface area (Å²) in [5, 5.41) is 13.3. The van der Waals surface area contributed by atoms with E-state index in [4.69, 9.17) is 4.74 Å². The summed E-state index contributed by atoms with van der Waals surface area (Å²) in [7, 11) is 1.46. The van der Waals surface area contributed by atoms with Crippen LogP contribution in [-0.4, -0.2) is 30.5 Å². The molecule has 0 spiro atoms. The smallest absolute Gasteiger partial charge is 0.407 e. The first-order valence-electron chi connectivity index (χ1n) is 10.4. The Kier molecular flexibility index (Phi) is 4.33. The second kappa shape index (κ2) is 6.14. The lowest BCUT2D eigenvalue weighted by molar-refractivity contribution is -0.123. The highest BCUT2D eigenvalue weighted by Gasteiger charge is 2.60. The maximum absolute atomic E-state index is 11.8. The van der Waals surface area contributed by atoms with E-state index in [0.29, 0.717) is 11.3 Å². The van der Waals surface area contributed by atoms with Crippen LogP contribution >= 0.6 is 0 Å². The molecule has 0 aliphatic heterocycles. The Labute approximate surface area is 152 Å². The molecule has 0 heterocycles. The van der Waals surface area contributed by atoms with Crippen molar-refractivity contribution >= 4 is 6.09 Å². The lowest BCUT2D eigenvalue weighted by Crippen LogP contribution is -2.56. The minimum absolute atomic E-state index is 0.0661. The van der Waals surface area contributed by atoms with E-state index >= 15 is 0 Å². The Hall–Kier alpha value is -0.770. The van der Waals surface area contributed by atoms with E-state index < -0.39 is 0 Å². The van der Waals surface area contributed by atoms with Gasteiger partial charge in [0.25, 0.3) is 0 Å². The maximum Gasteiger partial charge on any atom is 0.407 e. The largest absolute Gasteiger partial charge is 0.453 e. The number of hydrogen-bond donors (Lipinski definition) is 2. The van der Waals surface area contributed by atoms with E-state index in [0.717, 1.165) is 37.0 Å². The first-order valence-corrected chi connectivity index (χ1v) is 10.4. The number of nitrogens with one attached hydrogen (secondary N) is 1. The van der Waals surface area contributed by atoms with E-state index in [1.807, 2.05) is 0 Å². The maximum atomic E-state index is 11.8. The third-order valence-electron chi connectivity index (χ3n) is 9.12. The number of carbonyl (C=O) groups excluding carboxylic acids is 1. The molecule has 4 fully saturated rings. The summed E-state index contributed by atoms with van der Waals surface area (Å²) < 4.78 is 4.87. The van der Waals surface area contributed by atoms with Gasteiger partial charge >= 0.3 is 6.09 Å². The molecular formula is C21H35NO3. The number of aliphatic hydroxyl groups is 1. The summed E-state index contributed by atoms with van der Waals surface area (Å²) in [6.07, 6.45) is 10.3. The molecule has 1 amide bonds. The van der Waals surface area contributed by atoms with E-state index in [1.165, 1.54) is 45.6 Å². The number of amides is 1. The van der Waals surface area contributed by atoms with Crippen molar-refractivity contribution < 1.29 is 14.6 Å². The van der Waals surface area contributed by atoms with Gasteiger partial charge in [-0.15, -0.1) is 0 Å². The molecule has 142 valence electrons. The van der Waals surface area contributed by atoms with Crippen molar-refractivity contribution in [2.75, 3.05) is 7.11 Å². The third kappa shape index (κ3) is 2.62. The van der Waals surface area contributed by atoms with Gasteiger partial charge in [0.2, 0.25) is 0 Å². The molecule has 0 aromatic carbocycles. The monoisotopic (exact) mass is 349 g/mol. The van der Waals surface area contributed by atoms with Crippen molar-refractivity contribution in [3.63, 3.8) is 0 Å². The van der Waals surface area contributed by atoms with Crippen molar-refractivity contribution in [3.05, 3.63) is 0 Å². The molecule has 0 aromatic rings. The second-order valence-corrected chi connectivity index (χ2v) is 9.90. The first-order chi connectivity index (χ1) is 11.9. The van der Waals surface area contributed by atoms with E-state index in [9.17, 15) is 9.90 Å². The number of carbonyl (C=O) groups is 1. The highest BCUT2D eigenvalue weighted by molar-refractivity contribution is 5.67. The molecule has 2 N–H and O–H groups in total. The van der Waals surface area contributed by atoms with Crippen LogP contribution in [0, 0.1) is 34.5 Å². The van der Waals surface area contributed by atoms with Crippen LogP contribution in [-0.2, 0) is 4.74 Å². The molecule has 4 aliphatic rings. The topological polar surface area (TPSA) is 58.6 Å². The van der Waals surface area contributed by atoms with Gasteiger partial charge in [0.05, 0.1) is 13.2 Å². The van der Waals surface area contributed by atoms with Gasteiger partial charge in [-0.05, 0) is 92.3 Å². The summed E-state index contributed by atoms with van der Waals surface area (Å²) in [4.78, 5) is 11.8. The van der Waals surface area contributed by atoms with Gasteiger partial charge in [0.1, 0.15) is 0 Å². The van der Waals surface area contributed by atoms with Crippen LogP contribution in [0.3, 0.4) is 0 Å². The van der Waals surface area contributed by atoms with Crippen molar-refractivity contribution in [2.24, 2.45) is 34.5 Å². The summed E-state index contributed by atoms with van der Waals surface area (Å²) in [6, 6.07) is 0.268. The fourth-order valence-electron chi connectivity index (χ4n) is 7.67. The van der Waals surface area contributed by atoms with Crippen LogP contribution < -0.4 is 5.32 Å². The molecule has 4 saturated carbocycles. The lowest BCUT2D eigenvalue weighted by atomic mass is 9.45. The molecule has 4 nitrogen and oxygen atoms in total. The second-order valence-electron chi connectivity index (χ2n) is 9.90. The van der Waals surface area contributed by atoms with Crippen molar-refractivity contribution in [1.82, 2.24) is 5.32 Å².